The van der Waals surface area contributed by atoms with Gasteiger partial charge in [-0.1, -0.05) is 66.2 Å². The van der Waals surface area contributed by atoms with Crippen molar-refractivity contribution in [3.05, 3.63) is 89.5 Å². The Labute approximate surface area is 238 Å². The Hall–Kier alpha value is -3.46. The van der Waals surface area contributed by atoms with E-state index in [1.54, 1.807) is 47.1 Å². The normalized spacial score (nSPS) is 32.0. The van der Waals surface area contributed by atoms with Crippen molar-refractivity contribution in [1.82, 2.24) is 9.80 Å². The number of benzene rings is 2. The summed E-state index contributed by atoms with van der Waals surface area (Å²) in [6.45, 7) is 4.24. The number of carbonyl (C=O) groups is 3. The van der Waals surface area contributed by atoms with Crippen molar-refractivity contribution >= 4 is 35.0 Å². The van der Waals surface area contributed by atoms with Crippen LogP contribution in [0.1, 0.15) is 19.4 Å². The average Bonchev–Trinajstić information content (AvgIpc) is 3.23. The molecule has 0 aliphatic carbocycles. The quantitative estimate of drug-likeness (QED) is 0.566. The number of rotatable bonds is 5. The standard InChI is InChI=1S/C31H32ClN3O5/c1-20(19-36)35-26-29(39)34(23-12-10-22(32)11-13-23)17-7-15-31(26)25(28(35)38)24-27(37)33(16-6-14-30(24,2)40-31)18-21-8-4-3-5-9-21/h3-15,20,24-26,36H,16-19H2,1-2H3/t20-,24-,25+,26?,30+,31+/m1/s1. The molecule has 0 radical (unpaired) electrons. The molecule has 1 spiro atoms. The number of ether oxygens (including phenoxy) is 1. The number of likely N-dealkylation sites (tertiary alicyclic amines) is 1. The molecule has 2 aromatic carbocycles. The van der Waals surface area contributed by atoms with Crippen LogP contribution >= 0.6 is 11.6 Å². The second-order valence-electron chi connectivity index (χ2n) is 11.2. The number of halogens is 1. The van der Waals surface area contributed by atoms with Gasteiger partial charge in [0.2, 0.25) is 11.8 Å². The van der Waals surface area contributed by atoms with Gasteiger partial charge in [-0.05, 0) is 43.7 Å². The van der Waals surface area contributed by atoms with E-state index in [0.717, 1.165) is 5.56 Å². The molecule has 8 nitrogen and oxygen atoms in total. The summed E-state index contributed by atoms with van der Waals surface area (Å²) in [5.74, 6) is -2.67. The molecule has 4 aliphatic heterocycles. The minimum Gasteiger partial charge on any atom is -0.394 e. The smallest absolute Gasteiger partial charge is 0.253 e. The van der Waals surface area contributed by atoms with Crippen LogP contribution in [-0.4, -0.2) is 75.6 Å². The van der Waals surface area contributed by atoms with E-state index in [4.69, 9.17) is 16.3 Å². The van der Waals surface area contributed by atoms with Crippen molar-refractivity contribution in [3.63, 3.8) is 0 Å². The van der Waals surface area contributed by atoms with E-state index in [-0.39, 0.29) is 30.9 Å². The Bertz CT molecular complexity index is 1400. The highest BCUT2D eigenvalue weighted by Gasteiger charge is 2.75. The highest BCUT2D eigenvalue weighted by atomic mass is 35.5. The first-order valence-electron chi connectivity index (χ1n) is 13.6. The maximum Gasteiger partial charge on any atom is 0.253 e. The van der Waals surface area contributed by atoms with E-state index in [1.807, 2.05) is 55.5 Å². The second kappa shape index (κ2) is 9.87. The SMILES string of the molecule is C[C@H](CO)N1C(=O)[C@@H]2[C@@H]3C(=O)N(Cc4ccccc4)CC=C[C@]3(C)O[C@@]23C=CCN(c2ccc(Cl)cc2)C(=O)C13. The van der Waals surface area contributed by atoms with E-state index < -0.39 is 35.1 Å². The maximum atomic E-state index is 14.4. The monoisotopic (exact) mass is 561 g/mol. The van der Waals surface area contributed by atoms with Crippen molar-refractivity contribution < 1.29 is 24.2 Å². The van der Waals surface area contributed by atoms with Crippen molar-refractivity contribution in [2.45, 2.75) is 43.7 Å². The van der Waals surface area contributed by atoms with E-state index in [0.29, 0.717) is 23.8 Å². The summed E-state index contributed by atoms with van der Waals surface area (Å²) in [5, 5.41) is 10.7. The summed E-state index contributed by atoms with van der Waals surface area (Å²) in [6.07, 6.45) is 7.43. The largest absolute Gasteiger partial charge is 0.394 e. The van der Waals surface area contributed by atoms with Gasteiger partial charge in [0.15, 0.2) is 0 Å². The number of anilines is 1. The van der Waals surface area contributed by atoms with Crippen LogP contribution in [0.5, 0.6) is 0 Å². The van der Waals surface area contributed by atoms with Gasteiger partial charge in [0.05, 0.1) is 30.1 Å². The number of fused-ring (bicyclic) bond motifs is 2. The molecule has 6 rings (SSSR count). The van der Waals surface area contributed by atoms with Gasteiger partial charge >= 0.3 is 0 Å². The summed E-state index contributed by atoms with van der Waals surface area (Å²) in [7, 11) is 0. The molecule has 208 valence electrons. The van der Waals surface area contributed by atoms with Crippen molar-refractivity contribution in [3.8, 4) is 0 Å². The molecule has 9 heteroatoms. The van der Waals surface area contributed by atoms with Gasteiger partial charge in [0, 0.05) is 30.3 Å². The van der Waals surface area contributed by atoms with Crippen LogP contribution in [0.4, 0.5) is 5.69 Å². The van der Waals surface area contributed by atoms with Crippen LogP contribution in [0, 0.1) is 11.8 Å². The van der Waals surface area contributed by atoms with E-state index in [1.165, 1.54) is 4.90 Å². The molecule has 1 unspecified atom stereocenters. The number of nitrogens with zero attached hydrogens (tertiary/aromatic N) is 3. The minimum atomic E-state index is -1.38. The van der Waals surface area contributed by atoms with Gasteiger partial charge in [0.25, 0.3) is 5.91 Å². The number of carbonyl (C=O) groups excluding carboxylic acids is 3. The molecule has 2 aromatic rings. The van der Waals surface area contributed by atoms with Crippen LogP contribution in [0.3, 0.4) is 0 Å². The summed E-state index contributed by atoms with van der Waals surface area (Å²) >= 11 is 6.10. The lowest BCUT2D eigenvalue weighted by molar-refractivity contribution is -0.151. The lowest BCUT2D eigenvalue weighted by atomic mass is 9.74. The third kappa shape index (κ3) is 4.00. The van der Waals surface area contributed by atoms with Gasteiger partial charge < -0.3 is 24.5 Å². The van der Waals surface area contributed by atoms with Gasteiger partial charge in [0.1, 0.15) is 11.6 Å². The van der Waals surface area contributed by atoms with Crippen LogP contribution in [0.15, 0.2) is 78.9 Å². The van der Waals surface area contributed by atoms with Gasteiger partial charge in [-0.15, -0.1) is 0 Å². The van der Waals surface area contributed by atoms with Gasteiger partial charge in [-0.2, -0.15) is 0 Å². The molecule has 4 heterocycles. The fourth-order valence-corrected chi connectivity index (χ4v) is 7.00. The Kier molecular flexibility index (Phi) is 6.60. The highest BCUT2D eigenvalue weighted by Crippen LogP contribution is 2.58. The van der Waals surface area contributed by atoms with E-state index in [2.05, 4.69) is 0 Å². The molecule has 2 saturated heterocycles. The second-order valence-corrected chi connectivity index (χ2v) is 11.6. The number of aliphatic hydroxyl groups excluding tert-OH is 1. The third-order valence-electron chi connectivity index (χ3n) is 8.67. The molecule has 6 atom stereocenters. The fraction of sp³-hybridized carbons (Fsp3) is 0.387. The van der Waals surface area contributed by atoms with Crippen molar-refractivity contribution in [2.75, 3.05) is 24.6 Å². The van der Waals surface area contributed by atoms with E-state index >= 15 is 0 Å². The van der Waals surface area contributed by atoms with Crippen molar-refractivity contribution in [1.29, 1.82) is 0 Å². The van der Waals surface area contributed by atoms with Crippen LogP contribution < -0.4 is 4.90 Å². The first-order valence-corrected chi connectivity index (χ1v) is 14.0. The van der Waals surface area contributed by atoms with Gasteiger partial charge in [-0.25, -0.2) is 0 Å². The first-order chi connectivity index (χ1) is 19.2. The predicted molar refractivity (Wildman–Crippen MR) is 150 cm³/mol. The molecule has 0 aromatic heterocycles. The van der Waals surface area contributed by atoms with Crippen LogP contribution in [0.2, 0.25) is 5.02 Å². The lowest BCUT2D eigenvalue weighted by Crippen LogP contribution is -2.58. The zero-order valence-electron chi connectivity index (χ0n) is 22.4. The number of hydrogen-bond donors (Lipinski definition) is 1. The summed E-state index contributed by atoms with van der Waals surface area (Å²) in [4.78, 5) is 47.8. The molecule has 0 saturated carbocycles. The molecular formula is C31H32ClN3O5. The molecule has 0 bridgehead atoms. The maximum absolute atomic E-state index is 14.4. The Morgan fingerprint density at radius 3 is 2.35 bits per heavy atom. The highest BCUT2D eigenvalue weighted by molar-refractivity contribution is 6.30. The zero-order valence-corrected chi connectivity index (χ0v) is 23.2. The topological polar surface area (TPSA) is 90.4 Å². The molecule has 3 amide bonds. The summed E-state index contributed by atoms with van der Waals surface area (Å²) < 4.78 is 6.83. The zero-order chi connectivity index (χ0) is 28.2. The summed E-state index contributed by atoms with van der Waals surface area (Å²) in [5.41, 5.74) is -0.869. The first kappa shape index (κ1) is 26.7. The predicted octanol–water partition coefficient (Wildman–Crippen LogP) is 3.19. The third-order valence-corrected chi connectivity index (χ3v) is 8.92. The van der Waals surface area contributed by atoms with Crippen LogP contribution in [0.25, 0.3) is 0 Å². The fourth-order valence-electron chi connectivity index (χ4n) is 6.87. The van der Waals surface area contributed by atoms with E-state index in [9.17, 15) is 19.5 Å². The average molecular weight is 562 g/mol. The molecule has 1 N–H and O–H groups in total. The molecule has 4 aliphatic rings. The Morgan fingerprint density at radius 1 is 0.950 bits per heavy atom. The number of amides is 3. The summed E-state index contributed by atoms with van der Waals surface area (Å²) in [6, 6.07) is 14.9. The molecular weight excluding hydrogens is 530 g/mol. The van der Waals surface area contributed by atoms with Crippen LogP contribution in [-0.2, 0) is 25.7 Å². The Morgan fingerprint density at radius 2 is 1.65 bits per heavy atom. The molecule has 40 heavy (non-hydrogen) atoms. The molecule has 2 fully saturated rings. The lowest BCUT2D eigenvalue weighted by Gasteiger charge is -2.39. The van der Waals surface area contributed by atoms with Gasteiger partial charge in [-0.3, -0.25) is 14.4 Å². The number of aliphatic hydroxyl groups is 1. The Balaban J connectivity index is 1.44. The number of hydrogen-bond acceptors (Lipinski definition) is 5. The van der Waals surface area contributed by atoms with Crippen molar-refractivity contribution in [2.24, 2.45) is 11.8 Å². The minimum absolute atomic E-state index is 0.191.